The highest BCUT2D eigenvalue weighted by Crippen LogP contribution is 2.13. The lowest BCUT2D eigenvalue weighted by Gasteiger charge is -2.06. The maximum absolute atomic E-state index is 12.1. The first-order valence-electron chi connectivity index (χ1n) is 8.10. The van der Waals surface area contributed by atoms with Crippen molar-refractivity contribution in [3.8, 4) is 6.07 Å². The van der Waals surface area contributed by atoms with Gasteiger partial charge in [-0.25, -0.2) is 0 Å². The summed E-state index contributed by atoms with van der Waals surface area (Å²) < 4.78 is 0. The van der Waals surface area contributed by atoms with E-state index >= 15 is 0 Å². The predicted octanol–water partition coefficient (Wildman–Crippen LogP) is 2.35. The molecule has 136 valence electrons. The van der Waals surface area contributed by atoms with E-state index in [1.807, 2.05) is 6.07 Å². The summed E-state index contributed by atoms with van der Waals surface area (Å²) in [6.07, 6.45) is 1.27. The number of benzene rings is 2. The molecule has 3 amide bonds. The van der Waals surface area contributed by atoms with Gasteiger partial charge in [0.05, 0.1) is 6.42 Å². The molecular formula is C20H18N4O3. The highest BCUT2D eigenvalue weighted by Gasteiger charge is 2.13. The minimum absolute atomic E-state index is 0.0450. The van der Waals surface area contributed by atoms with Crippen molar-refractivity contribution in [2.75, 3.05) is 10.6 Å². The number of amides is 3. The second-order valence-electron chi connectivity index (χ2n) is 5.61. The molecule has 0 bridgehead atoms. The Balaban J connectivity index is 1.94. The Morgan fingerprint density at radius 1 is 1.00 bits per heavy atom. The van der Waals surface area contributed by atoms with Gasteiger partial charge in [-0.2, -0.15) is 5.26 Å². The predicted molar refractivity (Wildman–Crippen MR) is 101 cm³/mol. The summed E-state index contributed by atoms with van der Waals surface area (Å²) in [7, 11) is 0. The Kier molecular flexibility index (Phi) is 6.85. The summed E-state index contributed by atoms with van der Waals surface area (Å²) in [6, 6.07) is 17.4. The Hall–Kier alpha value is -3.92. The minimum Gasteiger partial charge on any atom is -0.360 e. The molecule has 0 fully saturated rings. The SMILES string of the molecule is CC(=O)Nc1ccc(NC=C(C#N)C(=O)NC(=O)Cc2ccccc2)cc1. The van der Waals surface area contributed by atoms with Crippen LogP contribution in [0.5, 0.6) is 0 Å². The Morgan fingerprint density at radius 2 is 1.63 bits per heavy atom. The van der Waals surface area contributed by atoms with Crippen LogP contribution in [0, 0.1) is 11.3 Å². The summed E-state index contributed by atoms with van der Waals surface area (Å²) >= 11 is 0. The lowest BCUT2D eigenvalue weighted by atomic mass is 10.1. The number of hydrogen-bond donors (Lipinski definition) is 3. The molecule has 2 aromatic carbocycles. The molecule has 0 saturated heterocycles. The topological polar surface area (TPSA) is 111 Å². The van der Waals surface area contributed by atoms with Gasteiger partial charge in [-0.15, -0.1) is 0 Å². The van der Waals surface area contributed by atoms with E-state index in [4.69, 9.17) is 5.26 Å². The van der Waals surface area contributed by atoms with Crippen LogP contribution in [0.1, 0.15) is 12.5 Å². The van der Waals surface area contributed by atoms with Crippen molar-refractivity contribution in [2.24, 2.45) is 0 Å². The Morgan fingerprint density at radius 3 is 2.22 bits per heavy atom. The monoisotopic (exact) mass is 362 g/mol. The molecule has 0 heterocycles. The summed E-state index contributed by atoms with van der Waals surface area (Å²) in [5.74, 6) is -1.45. The van der Waals surface area contributed by atoms with Gasteiger partial charge in [0.1, 0.15) is 11.6 Å². The van der Waals surface area contributed by atoms with Crippen LogP contribution in [-0.4, -0.2) is 17.7 Å². The van der Waals surface area contributed by atoms with Gasteiger partial charge in [-0.05, 0) is 29.8 Å². The molecule has 7 heteroatoms. The molecule has 0 spiro atoms. The van der Waals surface area contributed by atoms with Crippen molar-refractivity contribution < 1.29 is 14.4 Å². The molecular weight excluding hydrogens is 344 g/mol. The quantitative estimate of drug-likeness (QED) is 0.539. The van der Waals surface area contributed by atoms with E-state index in [0.717, 1.165) is 5.56 Å². The van der Waals surface area contributed by atoms with Crippen molar-refractivity contribution in [2.45, 2.75) is 13.3 Å². The van der Waals surface area contributed by atoms with Crippen LogP contribution in [0.15, 0.2) is 66.4 Å². The number of nitrogens with one attached hydrogen (secondary N) is 3. The number of hydrogen-bond acceptors (Lipinski definition) is 5. The molecule has 0 atom stereocenters. The number of rotatable bonds is 6. The van der Waals surface area contributed by atoms with Gasteiger partial charge in [-0.3, -0.25) is 19.7 Å². The lowest BCUT2D eigenvalue weighted by molar-refractivity contribution is -0.127. The average molecular weight is 362 g/mol. The van der Waals surface area contributed by atoms with Gasteiger partial charge < -0.3 is 10.6 Å². The molecule has 27 heavy (non-hydrogen) atoms. The standard InChI is InChI=1S/C20H18N4O3/c1-14(25)23-18-9-7-17(8-10-18)22-13-16(12-21)20(27)24-19(26)11-15-5-3-2-4-6-15/h2-10,13,22H,11H2,1H3,(H,23,25)(H,24,26,27). The molecule has 2 rings (SSSR count). The molecule has 0 radical (unpaired) electrons. The van der Waals surface area contributed by atoms with E-state index in [1.165, 1.54) is 13.1 Å². The zero-order chi connectivity index (χ0) is 19.6. The zero-order valence-electron chi connectivity index (χ0n) is 14.7. The van der Waals surface area contributed by atoms with E-state index < -0.39 is 11.8 Å². The maximum Gasteiger partial charge on any atom is 0.270 e. The van der Waals surface area contributed by atoms with Crippen LogP contribution in [0.4, 0.5) is 11.4 Å². The Labute approximate surface area is 156 Å². The fraction of sp³-hybridized carbons (Fsp3) is 0.100. The largest absolute Gasteiger partial charge is 0.360 e. The Bertz CT molecular complexity index is 897. The number of carbonyl (C=O) groups excluding carboxylic acids is 3. The van der Waals surface area contributed by atoms with E-state index in [2.05, 4.69) is 16.0 Å². The van der Waals surface area contributed by atoms with E-state index in [-0.39, 0.29) is 17.9 Å². The van der Waals surface area contributed by atoms with Crippen LogP contribution < -0.4 is 16.0 Å². The summed E-state index contributed by atoms with van der Waals surface area (Å²) in [5.41, 5.74) is 1.77. The molecule has 0 aliphatic heterocycles. The van der Waals surface area contributed by atoms with Crippen LogP contribution >= 0.6 is 0 Å². The molecule has 0 aliphatic rings. The summed E-state index contributed by atoms with van der Waals surface area (Å²) in [4.78, 5) is 35.0. The number of anilines is 2. The minimum atomic E-state index is -0.777. The third-order valence-corrected chi connectivity index (χ3v) is 3.41. The van der Waals surface area contributed by atoms with E-state index in [0.29, 0.717) is 11.4 Å². The first kappa shape index (κ1) is 19.4. The summed E-state index contributed by atoms with van der Waals surface area (Å²) in [5, 5.41) is 16.8. The normalized spacial score (nSPS) is 10.4. The number of imide groups is 1. The molecule has 0 unspecified atom stereocenters. The third kappa shape index (κ3) is 6.48. The van der Waals surface area contributed by atoms with Gasteiger partial charge in [0.25, 0.3) is 5.91 Å². The van der Waals surface area contributed by atoms with Crippen LogP contribution in [-0.2, 0) is 20.8 Å². The van der Waals surface area contributed by atoms with E-state index in [9.17, 15) is 14.4 Å². The second-order valence-corrected chi connectivity index (χ2v) is 5.61. The van der Waals surface area contributed by atoms with Gasteiger partial charge in [0.2, 0.25) is 11.8 Å². The molecule has 7 nitrogen and oxygen atoms in total. The smallest absolute Gasteiger partial charge is 0.270 e. The fourth-order valence-electron chi connectivity index (χ4n) is 2.18. The fourth-order valence-corrected chi connectivity index (χ4v) is 2.18. The van der Waals surface area contributed by atoms with Crippen LogP contribution in [0.2, 0.25) is 0 Å². The first-order valence-corrected chi connectivity index (χ1v) is 8.10. The molecule has 2 aromatic rings. The van der Waals surface area contributed by atoms with Gasteiger partial charge in [-0.1, -0.05) is 30.3 Å². The number of nitrogens with zero attached hydrogens (tertiary/aromatic N) is 1. The highest BCUT2D eigenvalue weighted by molar-refractivity contribution is 6.07. The van der Waals surface area contributed by atoms with Gasteiger partial charge in [0.15, 0.2) is 0 Å². The zero-order valence-corrected chi connectivity index (χ0v) is 14.7. The second kappa shape index (κ2) is 9.53. The van der Waals surface area contributed by atoms with Crippen LogP contribution in [0.3, 0.4) is 0 Å². The number of carbonyl (C=O) groups is 3. The number of nitriles is 1. The van der Waals surface area contributed by atoms with Crippen molar-refractivity contribution in [3.05, 3.63) is 71.9 Å². The third-order valence-electron chi connectivity index (χ3n) is 3.41. The molecule has 0 aliphatic carbocycles. The first-order chi connectivity index (χ1) is 13.0. The van der Waals surface area contributed by atoms with Gasteiger partial charge in [0, 0.05) is 24.5 Å². The van der Waals surface area contributed by atoms with Crippen molar-refractivity contribution in [1.29, 1.82) is 5.26 Å². The van der Waals surface area contributed by atoms with Crippen molar-refractivity contribution >= 4 is 29.1 Å². The van der Waals surface area contributed by atoms with E-state index in [1.54, 1.807) is 54.6 Å². The lowest BCUT2D eigenvalue weighted by Crippen LogP contribution is -2.32. The van der Waals surface area contributed by atoms with Gasteiger partial charge >= 0.3 is 0 Å². The average Bonchev–Trinajstić information content (AvgIpc) is 2.64. The molecule has 0 saturated carbocycles. The maximum atomic E-state index is 12.1. The van der Waals surface area contributed by atoms with Crippen LogP contribution in [0.25, 0.3) is 0 Å². The highest BCUT2D eigenvalue weighted by atomic mass is 16.2. The van der Waals surface area contributed by atoms with Crippen molar-refractivity contribution in [1.82, 2.24) is 5.32 Å². The molecule has 3 N–H and O–H groups in total. The van der Waals surface area contributed by atoms with Crippen molar-refractivity contribution in [3.63, 3.8) is 0 Å². The molecule has 0 aromatic heterocycles. The summed E-state index contributed by atoms with van der Waals surface area (Å²) in [6.45, 7) is 1.41.